The molecule has 2 heterocycles. The Morgan fingerprint density at radius 2 is 1.89 bits per heavy atom. The van der Waals surface area contributed by atoms with Gasteiger partial charge in [0.2, 0.25) is 0 Å². The Morgan fingerprint density at radius 1 is 1.22 bits per heavy atom. The smallest absolute Gasteiger partial charge is 0.0594 e. The van der Waals surface area contributed by atoms with Crippen molar-refractivity contribution in [3.8, 4) is 0 Å². The Balaban J connectivity index is 1.93. The first-order valence-corrected chi connectivity index (χ1v) is 7.32. The molecule has 106 valence electrons. The van der Waals surface area contributed by atoms with Crippen LogP contribution < -0.4 is 5.73 Å². The van der Waals surface area contributed by atoms with E-state index in [2.05, 4.69) is 30.6 Å². The second-order valence-electron chi connectivity index (χ2n) is 6.57. The van der Waals surface area contributed by atoms with Crippen molar-refractivity contribution < 1.29 is 4.74 Å². The van der Waals surface area contributed by atoms with Gasteiger partial charge in [-0.3, -0.25) is 9.80 Å². The molecule has 0 radical (unpaired) electrons. The van der Waals surface area contributed by atoms with Gasteiger partial charge in [0.05, 0.1) is 13.2 Å². The molecule has 2 aliphatic heterocycles. The van der Waals surface area contributed by atoms with Crippen LogP contribution in [0.1, 0.15) is 27.2 Å². The topological polar surface area (TPSA) is 41.7 Å². The normalized spacial score (nSPS) is 32.0. The fourth-order valence-electron chi connectivity index (χ4n) is 3.37. The number of nitrogens with zero attached hydrogens (tertiary/aromatic N) is 2. The van der Waals surface area contributed by atoms with E-state index < -0.39 is 0 Å². The summed E-state index contributed by atoms with van der Waals surface area (Å²) in [6.07, 6.45) is 1.27. The van der Waals surface area contributed by atoms with Gasteiger partial charge in [0.1, 0.15) is 0 Å². The minimum absolute atomic E-state index is 0.0851. The summed E-state index contributed by atoms with van der Waals surface area (Å²) in [5.74, 6) is 0.797. The van der Waals surface area contributed by atoms with E-state index in [0.717, 1.165) is 38.8 Å². The molecule has 0 bridgehead atoms. The fraction of sp³-hybridized carbons (Fsp3) is 1.00. The van der Waals surface area contributed by atoms with Crippen molar-refractivity contribution in [2.45, 2.75) is 38.8 Å². The van der Waals surface area contributed by atoms with Gasteiger partial charge < -0.3 is 10.5 Å². The second kappa shape index (κ2) is 5.87. The summed E-state index contributed by atoms with van der Waals surface area (Å²) in [5.41, 5.74) is 6.07. The average Bonchev–Trinajstić information content (AvgIpc) is 2.71. The van der Waals surface area contributed by atoms with E-state index in [1.165, 1.54) is 19.5 Å². The van der Waals surface area contributed by atoms with Crippen LogP contribution >= 0.6 is 0 Å². The lowest BCUT2D eigenvalue weighted by atomic mass is 9.99. The van der Waals surface area contributed by atoms with Gasteiger partial charge in [-0.05, 0) is 19.8 Å². The maximum absolute atomic E-state index is 6.15. The number of ether oxygens (including phenoxy) is 1. The first-order chi connectivity index (χ1) is 8.49. The first kappa shape index (κ1) is 14.3. The van der Waals surface area contributed by atoms with Crippen LogP contribution in [0.3, 0.4) is 0 Å². The molecule has 18 heavy (non-hydrogen) atoms. The van der Waals surface area contributed by atoms with Gasteiger partial charge in [-0.25, -0.2) is 0 Å². The highest BCUT2D eigenvalue weighted by atomic mass is 16.5. The average molecular weight is 255 g/mol. The third-order valence-electron chi connectivity index (χ3n) is 4.15. The lowest BCUT2D eigenvalue weighted by Crippen LogP contribution is -2.48. The van der Waals surface area contributed by atoms with Gasteiger partial charge in [-0.2, -0.15) is 0 Å². The largest absolute Gasteiger partial charge is 0.379 e. The lowest BCUT2D eigenvalue weighted by molar-refractivity contribution is 0.0100. The zero-order valence-corrected chi connectivity index (χ0v) is 12.2. The summed E-state index contributed by atoms with van der Waals surface area (Å²) in [6, 6.07) is 0.709. The number of rotatable bonds is 4. The van der Waals surface area contributed by atoms with Gasteiger partial charge >= 0.3 is 0 Å². The monoisotopic (exact) mass is 255 g/mol. The van der Waals surface area contributed by atoms with Crippen LogP contribution in [0.4, 0.5) is 0 Å². The predicted octanol–water partition coefficient (Wildman–Crippen LogP) is 0.766. The molecule has 2 saturated heterocycles. The molecule has 4 heteroatoms. The van der Waals surface area contributed by atoms with Crippen LogP contribution in [0.2, 0.25) is 0 Å². The first-order valence-electron chi connectivity index (χ1n) is 7.32. The Kier molecular flexibility index (Phi) is 4.64. The highest BCUT2D eigenvalue weighted by Crippen LogP contribution is 2.26. The molecule has 4 nitrogen and oxygen atoms in total. The van der Waals surface area contributed by atoms with Crippen molar-refractivity contribution in [2.24, 2.45) is 11.7 Å². The van der Waals surface area contributed by atoms with Gasteiger partial charge in [-0.1, -0.05) is 13.3 Å². The van der Waals surface area contributed by atoms with Crippen molar-refractivity contribution in [3.63, 3.8) is 0 Å². The standard InChI is InChI=1S/C14H29N3O/c1-4-12-9-16(11-14(2,3)15)10-13(12)17-5-7-18-8-6-17/h12-13H,4-11,15H2,1-3H3. The van der Waals surface area contributed by atoms with Crippen molar-refractivity contribution in [1.82, 2.24) is 9.80 Å². The molecular weight excluding hydrogens is 226 g/mol. The maximum atomic E-state index is 6.15. The Labute approximate surface area is 111 Å². The number of morpholine rings is 1. The second-order valence-corrected chi connectivity index (χ2v) is 6.57. The number of hydrogen-bond acceptors (Lipinski definition) is 4. The zero-order chi connectivity index (χ0) is 13.2. The molecule has 2 unspecified atom stereocenters. The molecule has 0 aromatic rings. The predicted molar refractivity (Wildman–Crippen MR) is 74.7 cm³/mol. The summed E-state index contributed by atoms with van der Waals surface area (Å²) >= 11 is 0. The van der Waals surface area contributed by atoms with Crippen molar-refractivity contribution in [1.29, 1.82) is 0 Å². The van der Waals surface area contributed by atoms with Crippen molar-refractivity contribution in [2.75, 3.05) is 45.9 Å². The van der Waals surface area contributed by atoms with E-state index >= 15 is 0 Å². The molecule has 2 atom stereocenters. The molecule has 2 N–H and O–H groups in total. The summed E-state index contributed by atoms with van der Waals surface area (Å²) in [7, 11) is 0. The van der Waals surface area contributed by atoms with Gasteiger partial charge in [-0.15, -0.1) is 0 Å². The quantitative estimate of drug-likeness (QED) is 0.805. The van der Waals surface area contributed by atoms with E-state index in [1.807, 2.05) is 0 Å². The van der Waals surface area contributed by atoms with Crippen molar-refractivity contribution >= 4 is 0 Å². The summed E-state index contributed by atoms with van der Waals surface area (Å²) in [6.45, 7) is 13.9. The summed E-state index contributed by atoms with van der Waals surface area (Å²) in [4.78, 5) is 5.18. The van der Waals surface area contributed by atoms with Crippen LogP contribution in [0, 0.1) is 5.92 Å². The molecule has 0 aliphatic carbocycles. The molecule has 2 rings (SSSR count). The third kappa shape index (κ3) is 3.67. The Morgan fingerprint density at radius 3 is 2.44 bits per heavy atom. The fourth-order valence-corrected chi connectivity index (χ4v) is 3.37. The van der Waals surface area contributed by atoms with E-state index in [-0.39, 0.29) is 5.54 Å². The molecule has 0 spiro atoms. The number of nitrogens with two attached hydrogens (primary N) is 1. The molecule has 0 saturated carbocycles. The molecule has 2 aliphatic rings. The molecule has 2 fully saturated rings. The molecule has 0 amide bonds. The number of likely N-dealkylation sites (tertiary alicyclic amines) is 1. The maximum Gasteiger partial charge on any atom is 0.0594 e. The highest BCUT2D eigenvalue weighted by molar-refractivity contribution is 4.93. The Hall–Kier alpha value is -0.160. The third-order valence-corrected chi connectivity index (χ3v) is 4.15. The van der Waals surface area contributed by atoms with Crippen LogP contribution in [0.25, 0.3) is 0 Å². The van der Waals surface area contributed by atoms with Crippen LogP contribution in [0.15, 0.2) is 0 Å². The van der Waals surface area contributed by atoms with E-state index in [9.17, 15) is 0 Å². The SMILES string of the molecule is CCC1CN(CC(C)(C)N)CC1N1CCOCC1. The molecule has 0 aromatic heterocycles. The van der Waals surface area contributed by atoms with Crippen LogP contribution in [-0.2, 0) is 4.74 Å². The van der Waals surface area contributed by atoms with E-state index in [0.29, 0.717) is 6.04 Å². The van der Waals surface area contributed by atoms with E-state index in [1.54, 1.807) is 0 Å². The summed E-state index contributed by atoms with van der Waals surface area (Å²) in [5, 5.41) is 0. The zero-order valence-electron chi connectivity index (χ0n) is 12.2. The van der Waals surface area contributed by atoms with E-state index in [4.69, 9.17) is 10.5 Å². The lowest BCUT2D eigenvalue weighted by Gasteiger charge is -2.35. The van der Waals surface area contributed by atoms with Gasteiger partial charge in [0.25, 0.3) is 0 Å². The van der Waals surface area contributed by atoms with Crippen molar-refractivity contribution in [3.05, 3.63) is 0 Å². The molecule has 0 aromatic carbocycles. The minimum atomic E-state index is -0.0851. The number of hydrogen-bond donors (Lipinski definition) is 1. The Bertz CT molecular complexity index is 258. The van der Waals surface area contributed by atoms with Gasteiger partial charge in [0.15, 0.2) is 0 Å². The van der Waals surface area contributed by atoms with Crippen LogP contribution in [-0.4, -0.2) is 67.3 Å². The highest BCUT2D eigenvalue weighted by Gasteiger charge is 2.37. The molecular formula is C14H29N3O. The van der Waals surface area contributed by atoms with Crippen LogP contribution in [0.5, 0.6) is 0 Å². The summed E-state index contributed by atoms with van der Waals surface area (Å²) < 4.78 is 5.46. The van der Waals surface area contributed by atoms with Gasteiger partial charge in [0, 0.05) is 44.3 Å². The minimum Gasteiger partial charge on any atom is -0.379 e.